The number of ether oxygens (including phenoxy) is 1. The number of likely N-dealkylation sites (N-methyl/N-ethyl adjacent to an activating group) is 1. The average molecular weight is 278 g/mol. The first-order valence-electron chi connectivity index (χ1n) is 7.88. The molecule has 0 saturated carbocycles. The van der Waals surface area contributed by atoms with E-state index < -0.39 is 0 Å². The van der Waals surface area contributed by atoms with E-state index in [0.29, 0.717) is 0 Å². The van der Waals surface area contributed by atoms with Gasteiger partial charge in [0.05, 0.1) is 6.61 Å². The van der Waals surface area contributed by atoms with Crippen LogP contribution in [-0.4, -0.2) is 37.7 Å². The Bertz CT molecular complexity index is 337. The van der Waals surface area contributed by atoms with E-state index in [0.717, 1.165) is 45.9 Å². The van der Waals surface area contributed by atoms with Gasteiger partial charge in [-0.05, 0) is 37.6 Å². The summed E-state index contributed by atoms with van der Waals surface area (Å²) in [7, 11) is 0. The summed E-state index contributed by atoms with van der Waals surface area (Å²) in [6.07, 6.45) is 1.18. The van der Waals surface area contributed by atoms with E-state index >= 15 is 0 Å². The van der Waals surface area contributed by atoms with Crippen molar-refractivity contribution in [1.82, 2.24) is 10.2 Å². The molecule has 0 saturated heterocycles. The Labute approximate surface area is 124 Å². The third kappa shape index (κ3) is 7.04. The summed E-state index contributed by atoms with van der Waals surface area (Å²) in [6.45, 7) is 13.2. The molecule has 0 unspecified atom stereocenters. The molecule has 0 radical (unpaired) electrons. The topological polar surface area (TPSA) is 24.5 Å². The second kappa shape index (κ2) is 10.8. The largest absolute Gasteiger partial charge is 0.380 e. The first-order chi connectivity index (χ1) is 9.80. The van der Waals surface area contributed by atoms with E-state index in [1.54, 1.807) is 0 Å². The van der Waals surface area contributed by atoms with Gasteiger partial charge in [0, 0.05) is 26.2 Å². The Balaban J connectivity index is 2.38. The molecule has 0 amide bonds. The highest BCUT2D eigenvalue weighted by molar-refractivity contribution is 5.22. The molecule has 3 nitrogen and oxygen atoms in total. The fraction of sp³-hybridized carbons (Fsp3) is 0.647. The van der Waals surface area contributed by atoms with Gasteiger partial charge in [-0.15, -0.1) is 0 Å². The molecule has 0 aromatic heterocycles. The van der Waals surface area contributed by atoms with Gasteiger partial charge in [0.2, 0.25) is 0 Å². The Morgan fingerprint density at radius 1 is 1.05 bits per heavy atom. The first kappa shape index (κ1) is 17.2. The Kier molecular flexibility index (Phi) is 9.29. The molecule has 20 heavy (non-hydrogen) atoms. The quantitative estimate of drug-likeness (QED) is 0.630. The maximum Gasteiger partial charge on any atom is 0.0593 e. The fourth-order valence-electron chi connectivity index (χ4n) is 2.12. The van der Waals surface area contributed by atoms with Gasteiger partial charge in [-0.25, -0.2) is 0 Å². The van der Waals surface area contributed by atoms with Crippen molar-refractivity contribution in [2.45, 2.75) is 40.3 Å². The van der Waals surface area contributed by atoms with Crippen molar-refractivity contribution in [2.75, 3.05) is 32.8 Å². The van der Waals surface area contributed by atoms with E-state index in [1.165, 1.54) is 17.5 Å². The lowest BCUT2D eigenvalue weighted by Crippen LogP contribution is -2.27. The third-order valence-electron chi connectivity index (χ3n) is 3.39. The predicted molar refractivity (Wildman–Crippen MR) is 85.9 cm³/mol. The van der Waals surface area contributed by atoms with Gasteiger partial charge in [0.15, 0.2) is 0 Å². The minimum atomic E-state index is 0.803. The SMILES string of the molecule is CCCNCc1ccc(CN(CC)CCOCC)cc1. The highest BCUT2D eigenvalue weighted by atomic mass is 16.5. The molecule has 114 valence electrons. The minimum Gasteiger partial charge on any atom is -0.380 e. The summed E-state index contributed by atoms with van der Waals surface area (Å²) in [4.78, 5) is 2.42. The van der Waals surface area contributed by atoms with Crippen LogP contribution in [0.2, 0.25) is 0 Å². The van der Waals surface area contributed by atoms with Gasteiger partial charge in [-0.2, -0.15) is 0 Å². The standard InChI is InChI=1S/C17H30N2O/c1-4-11-18-14-16-7-9-17(10-8-16)15-19(5-2)12-13-20-6-3/h7-10,18H,4-6,11-15H2,1-3H3. The van der Waals surface area contributed by atoms with E-state index in [9.17, 15) is 0 Å². The van der Waals surface area contributed by atoms with Gasteiger partial charge in [0.1, 0.15) is 0 Å². The van der Waals surface area contributed by atoms with E-state index in [2.05, 4.69) is 48.3 Å². The molecule has 0 fully saturated rings. The van der Waals surface area contributed by atoms with Crippen LogP contribution < -0.4 is 5.32 Å². The molecular formula is C17H30N2O. The molecular weight excluding hydrogens is 248 g/mol. The van der Waals surface area contributed by atoms with E-state index in [4.69, 9.17) is 4.74 Å². The van der Waals surface area contributed by atoms with Gasteiger partial charge in [0.25, 0.3) is 0 Å². The molecule has 3 heteroatoms. The summed E-state index contributed by atoms with van der Waals surface area (Å²) < 4.78 is 5.43. The highest BCUT2D eigenvalue weighted by Crippen LogP contribution is 2.07. The van der Waals surface area contributed by atoms with Crippen LogP contribution in [-0.2, 0) is 17.8 Å². The monoisotopic (exact) mass is 278 g/mol. The molecule has 1 N–H and O–H groups in total. The second-order valence-electron chi connectivity index (χ2n) is 5.06. The van der Waals surface area contributed by atoms with Crippen molar-refractivity contribution in [2.24, 2.45) is 0 Å². The first-order valence-corrected chi connectivity index (χ1v) is 7.88. The van der Waals surface area contributed by atoms with Crippen LogP contribution in [0, 0.1) is 0 Å². The van der Waals surface area contributed by atoms with Gasteiger partial charge < -0.3 is 10.1 Å². The maximum absolute atomic E-state index is 5.43. The van der Waals surface area contributed by atoms with Crippen molar-refractivity contribution in [1.29, 1.82) is 0 Å². The summed E-state index contributed by atoms with van der Waals surface area (Å²) in [5.74, 6) is 0. The van der Waals surface area contributed by atoms with Crippen molar-refractivity contribution >= 4 is 0 Å². The number of nitrogens with zero attached hydrogens (tertiary/aromatic N) is 1. The van der Waals surface area contributed by atoms with Gasteiger partial charge in [-0.1, -0.05) is 38.1 Å². The maximum atomic E-state index is 5.43. The van der Waals surface area contributed by atoms with Crippen LogP contribution in [0.15, 0.2) is 24.3 Å². The number of benzene rings is 1. The van der Waals surface area contributed by atoms with Gasteiger partial charge in [-0.3, -0.25) is 4.90 Å². The lowest BCUT2D eigenvalue weighted by atomic mass is 10.1. The molecule has 0 spiro atoms. The molecule has 0 atom stereocenters. The van der Waals surface area contributed by atoms with Crippen LogP contribution in [0.5, 0.6) is 0 Å². The van der Waals surface area contributed by atoms with Crippen LogP contribution in [0.1, 0.15) is 38.3 Å². The number of hydrogen-bond donors (Lipinski definition) is 1. The summed E-state index contributed by atoms with van der Waals surface area (Å²) in [6, 6.07) is 8.95. The zero-order valence-electron chi connectivity index (χ0n) is 13.3. The van der Waals surface area contributed by atoms with Gasteiger partial charge >= 0.3 is 0 Å². The van der Waals surface area contributed by atoms with E-state index in [-0.39, 0.29) is 0 Å². The summed E-state index contributed by atoms with van der Waals surface area (Å²) in [5, 5.41) is 3.43. The fourth-order valence-corrected chi connectivity index (χ4v) is 2.12. The highest BCUT2D eigenvalue weighted by Gasteiger charge is 2.03. The minimum absolute atomic E-state index is 0.803. The summed E-state index contributed by atoms with van der Waals surface area (Å²) in [5.41, 5.74) is 2.74. The zero-order valence-corrected chi connectivity index (χ0v) is 13.3. The van der Waals surface area contributed by atoms with Crippen LogP contribution in [0.4, 0.5) is 0 Å². The lowest BCUT2D eigenvalue weighted by Gasteiger charge is -2.20. The molecule has 1 aromatic rings. The molecule has 1 rings (SSSR count). The molecule has 1 aromatic carbocycles. The molecule has 0 aliphatic carbocycles. The average Bonchev–Trinajstić information content (AvgIpc) is 2.48. The van der Waals surface area contributed by atoms with Crippen LogP contribution in [0.25, 0.3) is 0 Å². The lowest BCUT2D eigenvalue weighted by molar-refractivity contribution is 0.113. The molecule has 0 bridgehead atoms. The third-order valence-corrected chi connectivity index (χ3v) is 3.39. The van der Waals surface area contributed by atoms with Crippen molar-refractivity contribution < 1.29 is 4.74 Å². The predicted octanol–water partition coefficient (Wildman–Crippen LogP) is 3.04. The zero-order chi connectivity index (χ0) is 14.6. The number of rotatable bonds is 11. The van der Waals surface area contributed by atoms with Crippen molar-refractivity contribution in [3.05, 3.63) is 35.4 Å². The second-order valence-corrected chi connectivity index (χ2v) is 5.06. The number of nitrogens with one attached hydrogen (secondary N) is 1. The van der Waals surface area contributed by atoms with Crippen LogP contribution >= 0.6 is 0 Å². The van der Waals surface area contributed by atoms with Crippen molar-refractivity contribution in [3.8, 4) is 0 Å². The normalized spacial score (nSPS) is 11.2. The molecule has 0 heterocycles. The van der Waals surface area contributed by atoms with Crippen LogP contribution in [0.3, 0.4) is 0 Å². The Morgan fingerprint density at radius 2 is 1.75 bits per heavy atom. The Hall–Kier alpha value is -0.900. The Morgan fingerprint density at radius 3 is 2.35 bits per heavy atom. The smallest absolute Gasteiger partial charge is 0.0593 e. The molecule has 0 aliphatic rings. The van der Waals surface area contributed by atoms with E-state index in [1.807, 2.05) is 6.92 Å². The molecule has 0 aliphatic heterocycles. The van der Waals surface area contributed by atoms with Crippen molar-refractivity contribution in [3.63, 3.8) is 0 Å². The number of hydrogen-bond acceptors (Lipinski definition) is 3. The summed E-state index contributed by atoms with van der Waals surface area (Å²) >= 11 is 0.